The fourth-order valence-electron chi connectivity index (χ4n) is 4.89. The lowest BCUT2D eigenvalue weighted by atomic mass is 10.0. The molecular formula is C32H28ClF3N4O3S. The second kappa shape index (κ2) is 13.2. The monoisotopic (exact) mass is 640 g/mol. The zero-order valence-corrected chi connectivity index (χ0v) is 24.9. The molecule has 1 aliphatic carbocycles. The summed E-state index contributed by atoms with van der Waals surface area (Å²) in [5.41, 5.74) is 1.17. The molecule has 1 saturated carbocycles. The van der Waals surface area contributed by atoms with E-state index in [1.54, 1.807) is 67.0 Å². The normalized spacial score (nSPS) is 14.5. The van der Waals surface area contributed by atoms with Crippen molar-refractivity contribution >= 4 is 56.8 Å². The molecule has 0 bridgehead atoms. The van der Waals surface area contributed by atoms with Crippen molar-refractivity contribution in [2.24, 2.45) is 0 Å². The molecule has 1 aromatic heterocycles. The van der Waals surface area contributed by atoms with E-state index in [1.165, 1.54) is 12.1 Å². The van der Waals surface area contributed by atoms with Gasteiger partial charge in [-0.2, -0.15) is 13.2 Å². The van der Waals surface area contributed by atoms with E-state index in [0.29, 0.717) is 51.2 Å². The molecule has 5 rings (SSSR count). The molecule has 2 N–H and O–H groups in total. The van der Waals surface area contributed by atoms with Crippen LogP contribution in [0, 0.1) is 0 Å². The summed E-state index contributed by atoms with van der Waals surface area (Å²) < 4.78 is 64.9. The van der Waals surface area contributed by atoms with Crippen molar-refractivity contribution in [1.82, 2.24) is 9.97 Å². The molecule has 7 nitrogen and oxygen atoms in total. The Morgan fingerprint density at radius 2 is 1.57 bits per heavy atom. The van der Waals surface area contributed by atoms with Crippen LogP contribution >= 0.6 is 11.6 Å². The van der Waals surface area contributed by atoms with Crippen LogP contribution in [0.3, 0.4) is 0 Å². The lowest BCUT2D eigenvalue weighted by Crippen LogP contribution is -2.24. The number of hydrogen-bond donors (Lipinski definition) is 2. The van der Waals surface area contributed by atoms with E-state index in [4.69, 9.17) is 11.6 Å². The third-order valence-corrected chi connectivity index (χ3v) is 9.89. The van der Waals surface area contributed by atoms with Crippen LogP contribution in [0.5, 0.6) is 0 Å². The van der Waals surface area contributed by atoms with Gasteiger partial charge in [0.1, 0.15) is 0 Å². The average Bonchev–Trinajstić information content (AvgIpc) is 3.02. The van der Waals surface area contributed by atoms with Gasteiger partial charge < -0.3 is 10.6 Å². The molecule has 0 atom stereocenters. The summed E-state index contributed by atoms with van der Waals surface area (Å²) in [5.74, 6) is -0.368. The molecule has 3 aromatic carbocycles. The van der Waals surface area contributed by atoms with Gasteiger partial charge >= 0.3 is 6.18 Å². The standard InChI is InChI=1S/C32H28ClF3N4O3S/c33-29-16-13-26(39-30(41)23-5-4-6-24(17-23)32(34,35)36)18-22(29)10-9-21-19-37-31(38-20-21)40-25-11-14-28(15-12-25)44(42,43)27-7-2-1-3-8-27/h4-6,9-20,27H,1-3,7-8H2,(H,39,41)(H,37,38,40)/b10-9+. The molecule has 0 saturated heterocycles. The summed E-state index contributed by atoms with van der Waals surface area (Å²) in [6.45, 7) is 0. The number of nitrogens with zero attached hydrogens (tertiary/aromatic N) is 2. The van der Waals surface area contributed by atoms with Crippen LogP contribution in [0.4, 0.5) is 30.5 Å². The summed E-state index contributed by atoms with van der Waals surface area (Å²) in [7, 11) is -3.35. The smallest absolute Gasteiger partial charge is 0.324 e. The minimum absolute atomic E-state index is 0.127. The van der Waals surface area contributed by atoms with Gasteiger partial charge in [0.25, 0.3) is 5.91 Å². The predicted octanol–water partition coefficient (Wildman–Crippen LogP) is 8.42. The molecule has 0 radical (unpaired) electrons. The Bertz CT molecular complexity index is 1770. The van der Waals surface area contributed by atoms with E-state index in [2.05, 4.69) is 20.6 Å². The second-order valence-electron chi connectivity index (χ2n) is 10.4. The van der Waals surface area contributed by atoms with Gasteiger partial charge in [-0.25, -0.2) is 18.4 Å². The van der Waals surface area contributed by atoms with Crippen molar-refractivity contribution in [2.45, 2.75) is 48.4 Å². The van der Waals surface area contributed by atoms with Gasteiger partial charge in [-0.1, -0.05) is 49.1 Å². The SMILES string of the molecule is O=C(Nc1ccc(Cl)c(/C=C/c2cnc(Nc3ccc(S(=O)(=O)C4CCCCC4)cc3)nc2)c1)c1cccc(C(F)(F)F)c1. The topological polar surface area (TPSA) is 101 Å². The minimum atomic E-state index is -4.56. The van der Waals surface area contributed by atoms with Crippen LogP contribution in [0.25, 0.3) is 12.2 Å². The Labute approximate surface area is 258 Å². The highest BCUT2D eigenvalue weighted by molar-refractivity contribution is 7.92. The number of halogens is 4. The maximum atomic E-state index is 13.0. The third kappa shape index (κ3) is 7.64. The number of hydrogen-bond acceptors (Lipinski definition) is 6. The van der Waals surface area contributed by atoms with E-state index in [0.717, 1.165) is 31.4 Å². The van der Waals surface area contributed by atoms with Crippen LogP contribution < -0.4 is 10.6 Å². The van der Waals surface area contributed by atoms with E-state index in [-0.39, 0.29) is 10.8 Å². The number of nitrogens with one attached hydrogen (secondary N) is 2. The Morgan fingerprint density at radius 1 is 0.886 bits per heavy atom. The van der Waals surface area contributed by atoms with Crippen LogP contribution in [-0.2, 0) is 16.0 Å². The van der Waals surface area contributed by atoms with Crippen molar-refractivity contribution in [1.29, 1.82) is 0 Å². The number of rotatable bonds is 8. The molecule has 0 aliphatic heterocycles. The number of sulfone groups is 1. The predicted molar refractivity (Wildman–Crippen MR) is 166 cm³/mol. The first-order valence-corrected chi connectivity index (χ1v) is 15.8. The summed E-state index contributed by atoms with van der Waals surface area (Å²) >= 11 is 6.32. The number of amides is 1. The molecule has 12 heteroatoms. The minimum Gasteiger partial charge on any atom is -0.324 e. The van der Waals surface area contributed by atoms with Crippen molar-refractivity contribution in [3.05, 3.63) is 106 Å². The highest BCUT2D eigenvalue weighted by Gasteiger charge is 2.31. The van der Waals surface area contributed by atoms with Crippen LogP contribution in [0.2, 0.25) is 5.02 Å². The van der Waals surface area contributed by atoms with Gasteiger partial charge in [0.2, 0.25) is 5.95 Å². The lowest BCUT2D eigenvalue weighted by molar-refractivity contribution is -0.137. The van der Waals surface area contributed by atoms with Crippen molar-refractivity contribution in [3.8, 4) is 0 Å². The Balaban J connectivity index is 1.21. The zero-order valence-electron chi connectivity index (χ0n) is 23.3. The summed E-state index contributed by atoms with van der Waals surface area (Å²) in [5, 5.41) is 5.73. The Kier molecular flexibility index (Phi) is 9.36. The molecule has 1 fully saturated rings. The molecule has 1 aliphatic rings. The zero-order chi connectivity index (χ0) is 31.3. The van der Waals surface area contributed by atoms with E-state index < -0.39 is 27.5 Å². The third-order valence-electron chi connectivity index (χ3n) is 7.26. The number of alkyl halides is 3. The van der Waals surface area contributed by atoms with Crippen molar-refractivity contribution < 1.29 is 26.4 Å². The van der Waals surface area contributed by atoms with E-state index in [1.807, 2.05) is 0 Å². The quantitative estimate of drug-likeness (QED) is 0.200. The van der Waals surface area contributed by atoms with Gasteiger partial charge in [-0.3, -0.25) is 4.79 Å². The number of benzene rings is 3. The summed E-state index contributed by atoms with van der Waals surface area (Å²) in [4.78, 5) is 21.5. The highest BCUT2D eigenvalue weighted by atomic mass is 35.5. The molecular weight excluding hydrogens is 613 g/mol. The van der Waals surface area contributed by atoms with Crippen LogP contribution in [0.1, 0.15) is 59.2 Å². The first kappa shape index (κ1) is 31.2. The van der Waals surface area contributed by atoms with Crippen LogP contribution in [-0.4, -0.2) is 29.5 Å². The second-order valence-corrected chi connectivity index (χ2v) is 13.0. The molecule has 0 spiro atoms. The van der Waals surface area contributed by atoms with Gasteiger partial charge in [0.15, 0.2) is 9.84 Å². The summed E-state index contributed by atoms with van der Waals surface area (Å²) in [6.07, 6.45) is 6.39. The Morgan fingerprint density at radius 3 is 2.25 bits per heavy atom. The highest BCUT2D eigenvalue weighted by Crippen LogP contribution is 2.31. The molecule has 44 heavy (non-hydrogen) atoms. The number of carbonyl (C=O) groups is 1. The first-order valence-electron chi connectivity index (χ1n) is 13.9. The molecule has 1 amide bonds. The van der Waals surface area contributed by atoms with Gasteiger partial charge in [-0.15, -0.1) is 0 Å². The van der Waals surface area contributed by atoms with E-state index >= 15 is 0 Å². The van der Waals surface area contributed by atoms with E-state index in [9.17, 15) is 26.4 Å². The average molecular weight is 641 g/mol. The van der Waals surface area contributed by atoms with Crippen LogP contribution in [0.15, 0.2) is 84.0 Å². The maximum absolute atomic E-state index is 13.0. The summed E-state index contributed by atoms with van der Waals surface area (Å²) in [6, 6.07) is 15.5. The van der Waals surface area contributed by atoms with Gasteiger partial charge in [-0.05, 0) is 79.1 Å². The first-order chi connectivity index (χ1) is 21.0. The van der Waals surface area contributed by atoms with Gasteiger partial charge in [0, 0.05) is 39.9 Å². The Hall–Kier alpha value is -4.22. The fourth-order valence-corrected chi connectivity index (χ4v) is 6.92. The number of carbonyl (C=O) groups excluding carboxylic acids is 1. The fraction of sp³-hybridized carbons (Fsp3) is 0.219. The van der Waals surface area contributed by atoms with Gasteiger partial charge in [0.05, 0.1) is 15.7 Å². The largest absolute Gasteiger partial charge is 0.416 e. The number of anilines is 3. The van der Waals surface area contributed by atoms with Crippen molar-refractivity contribution in [2.75, 3.05) is 10.6 Å². The molecule has 4 aromatic rings. The lowest BCUT2D eigenvalue weighted by Gasteiger charge is -2.21. The maximum Gasteiger partial charge on any atom is 0.416 e. The molecule has 1 heterocycles. The molecule has 0 unspecified atom stereocenters. The number of aromatic nitrogens is 2. The van der Waals surface area contributed by atoms with Crippen molar-refractivity contribution in [3.63, 3.8) is 0 Å². The molecule has 228 valence electrons.